The number of carbonyl (C=O) groups is 1. The summed E-state index contributed by atoms with van der Waals surface area (Å²) in [4.78, 5) is 33.5. The Morgan fingerprint density at radius 2 is 1.69 bits per heavy atom. The predicted octanol–water partition coefficient (Wildman–Crippen LogP) is 5.67. The zero-order valence-corrected chi connectivity index (χ0v) is 25.7. The minimum atomic E-state index is -0.757. The van der Waals surface area contributed by atoms with Crippen molar-refractivity contribution in [2.24, 2.45) is 0 Å². The van der Waals surface area contributed by atoms with Crippen LogP contribution in [0.25, 0.3) is 16.6 Å². The van der Waals surface area contributed by atoms with E-state index in [0.29, 0.717) is 67.1 Å². The van der Waals surface area contributed by atoms with Gasteiger partial charge in [0.25, 0.3) is 5.56 Å². The van der Waals surface area contributed by atoms with Gasteiger partial charge in [0, 0.05) is 67.6 Å². The summed E-state index contributed by atoms with van der Waals surface area (Å²) in [5.74, 6) is -2.07. The average Bonchev–Trinajstić information content (AvgIpc) is 3.55. The Morgan fingerprint density at radius 3 is 2.48 bits per heavy atom. The second kappa shape index (κ2) is 13.5. The summed E-state index contributed by atoms with van der Waals surface area (Å²) >= 11 is 0. The molecule has 0 radical (unpaired) electrons. The summed E-state index contributed by atoms with van der Waals surface area (Å²) in [5.41, 5.74) is 1.01. The number of carbonyl (C=O) groups excluding carboxylic acids is 1. The van der Waals surface area contributed by atoms with Crippen molar-refractivity contribution in [2.45, 2.75) is 12.8 Å². The van der Waals surface area contributed by atoms with Gasteiger partial charge in [-0.05, 0) is 54.1 Å². The highest BCUT2D eigenvalue weighted by atomic mass is 19.1. The van der Waals surface area contributed by atoms with Crippen LogP contribution in [0.15, 0.2) is 77.9 Å². The van der Waals surface area contributed by atoms with Crippen molar-refractivity contribution in [3.63, 3.8) is 0 Å². The quantitative estimate of drug-likeness (QED) is 0.178. The van der Waals surface area contributed by atoms with Crippen molar-refractivity contribution in [1.82, 2.24) is 14.5 Å². The van der Waals surface area contributed by atoms with E-state index in [9.17, 15) is 14.0 Å². The minimum Gasteiger partial charge on any atom is -0.492 e. The lowest BCUT2D eigenvalue weighted by atomic mass is 10.0. The third-order valence-corrected chi connectivity index (χ3v) is 8.34. The van der Waals surface area contributed by atoms with Crippen LogP contribution in [0.4, 0.5) is 13.2 Å². The summed E-state index contributed by atoms with van der Waals surface area (Å²) < 4.78 is 67.8. The molecule has 1 fully saturated rings. The number of rotatable bonds is 10. The molecular formula is C36H30F3N3O6. The van der Waals surface area contributed by atoms with Crippen molar-refractivity contribution in [2.75, 3.05) is 46.1 Å². The Bertz CT molecular complexity index is 2060. The number of benzene rings is 3. The van der Waals surface area contributed by atoms with Crippen molar-refractivity contribution >= 4 is 16.7 Å². The van der Waals surface area contributed by atoms with Crippen LogP contribution in [0.1, 0.15) is 21.5 Å². The van der Waals surface area contributed by atoms with Crippen molar-refractivity contribution in [1.29, 1.82) is 0 Å². The maximum Gasteiger partial charge on any atom is 0.269 e. The molecule has 0 atom stereocenters. The third kappa shape index (κ3) is 6.49. The van der Waals surface area contributed by atoms with Gasteiger partial charge in [-0.15, -0.1) is 0 Å². The zero-order valence-electron chi connectivity index (χ0n) is 25.7. The number of halogens is 3. The molecular weight excluding hydrogens is 627 g/mol. The van der Waals surface area contributed by atoms with E-state index in [2.05, 4.69) is 9.88 Å². The Labute approximate surface area is 273 Å². The van der Waals surface area contributed by atoms with E-state index in [1.165, 1.54) is 65.4 Å². The number of aromatic nitrogens is 2. The first-order valence-electron chi connectivity index (χ1n) is 15.5. The number of nitrogens with zero attached hydrogens (tertiary/aromatic N) is 3. The van der Waals surface area contributed by atoms with E-state index < -0.39 is 28.8 Å². The summed E-state index contributed by atoms with van der Waals surface area (Å²) in [5, 5.41) is 0.324. The van der Waals surface area contributed by atoms with Crippen LogP contribution >= 0.6 is 0 Å². The molecule has 0 unspecified atom stereocenters. The van der Waals surface area contributed by atoms with Crippen LogP contribution in [0.3, 0.4) is 0 Å². The Kier molecular flexibility index (Phi) is 8.83. The van der Waals surface area contributed by atoms with Crippen LogP contribution < -0.4 is 19.8 Å². The van der Waals surface area contributed by atoms with Crippen molar-refractivity contribution in [3.05, 3.63) is 118 Å². The van der Waals surface area contributed by atoms with E-state index in [0.717, 1.165) is 19.2 Å². The fourth-order valence-electron chi connectivity index (χ4n) is 5.86. The molecule has 12 heteroatoms. The molecule has 5 aromatic rings. The van der Waals surface area contributed by atoms with Crippen molar-refractivity contribution < 1.29 is 36.9 Å². The molecule has 48 heavy (non-hydrogen) atoms. The molecule has 0 spiro atoms. The molecule has 0 saturated carbocycles. The first-order chi connectivity index (χ1) is 23.3. The van der Waals surface area contributed by atoms with Gasteiger partial charge in [-0.1, -0.05) is 6.07 Å². The molecule has 7 rings (SSSR count). The molecule has 0 N–H and O–H groups in total. The number of ether oxygens (including phenoxy) is 4. The molecule has 0 aliphatic carbocycles. The summed E-state index contributed by atoms with van der Waals surface area (Å²) in [6.45, 7) is 4.14. The van der Waals surface area contributed by atoms with Gasteiger partial charge in [-0.3, -0.25) is 24.0 Å². The molecule has 2 aliphatic rings. The van der Waals surface area contributed by atoms with Gasteiger partial charge in [-0.2, -0.15) is 0 Å². The van der Waals surface area contributed by atoms with Gasteiger partial charge in [-0.25, -0.2) is 13.2 Å². The van der Waals surface area contributed by atoms with E-state index in [1.54, 1.807) is 6.20 Å². The molecule has 0 amide bonds. The normalized spacial score (nSPS) is 14.5. The van der Waals surface area contributed by atoms with Gasteiger partial charge in [0.15, 0.2) is 28.9 Å². The first kappa shape index (κ1) is 31.4. The van der Waals surface area contributed by atoms with Crippen LogP contribution in [-0.4, -0.2) is 66.3 Å². The topological polar surface area (TPSA) is 92.1 Å². The number of pyridine rings is 2. The number of fused-ring (bicyclic) bond motifs is 2. The predicted molar refractivity (Wildman–Crippen MR) is 170 cm³/mol. The van der Waals surface area contributed by atoms with Gasteiger partial charge in [0.2, 0.25) is 0 Å². The Balaban J connectivity index is 1.08. The molecule has 4 heterocycles. The van der Waals surface area contributed by atoms with Crippen molar-refractivity contribution in [3.8, 4) is 28.7 Å². The standard InChI is InChI=1S/C36H30F3N3O6/c37-24-2-4-25(5-3-24)42-21-23-8-13-47-35(23)34(36(42)44)30(43)18-22-1-6-32(27(38)17-22)48-31-7-9-40-29-20-33(28(39)19-26(29)31)46-16-12-41-10-14-45-15-11-41/h1-7,9,17,19-21H,8,10-16,18H2. The molecule has 3 aromatic carbocycles. The Morgan fingerprint density at radius 1 is 0.896 bits per heavy atom. The number of ketones is 1. The molecule has 0 bridgehead atoms. The lowest BCUT2D eigenvalue weighted by molar-refractivity contribution is 0.0320. The number of hydrogen-bond acceptors (Lipinski definition) is 8. The molecule has 2 aliphatic heterocycles. The Hall–Kier alpha value is -5.20. The maximum absolute atomic E-state index is 15.4. The highest BCUT2D eigenvalue weighted by Gasteiger charge is 2.27. The summed E-state index contributed by atoms with van der Waals surface area (Å²) in [7, 11) is 0. The first-order valence-corrected chi connectivity index (χ1v) is 15.5. The number of Topliss-reactive ketones (excluding diaryl/α,β-unsaturated/α-hetero) is 1. The SMILES string of the molecule is O=C(Cc1ccc(Oc2ccnc3cc(OCCN4CCOCC4)c(F)cc23)c(F)c1)c1c2c(cn(-c3ccc(F)cc3)c1=O)CCO2. The lowest BCUT2D eigenvalue weighted by Crippen LogP contribution is -2.38. The number of morpholine rings is 1. The monoisotopic (exact) mass is 657 g/mol. The van der Waals surface area contributed by atoms with Gasteiger partial charge in [0.05, 0.1) is 25.3 Å². The summed E-state index contributed by atoms with van der Waals surface area (Å²) in [6, 6.07) is 13.6. The molecule has 246 valence electrons. The highest BCUT2D eigenvalue weighted by Crippen LogP contribution is 2.34. The van der Waals surface area contributed by atoms with E-state index in [4.69, 9.17) is 18.9 Å². The molecule has 9 nitrogen and oxygen atoms in total. The largest absolute Gasteiger partial charge is 0.492 e. The smallest absolute Gasteiger partial charge is 0.269 e. The molecule has 1 saturated heterocycles. The lowest BCUT2D eigenvalue weighted by Gasteiger charge is -2.26. The second-order valence-corrected chi connectivity index (χ2v) is 11.5. The van der Waals surface area contributed by atoms with Gasteiger partial charge >= 0.3 is 0 Å². The fourth-order valence-corrected chi connectivity index (χ4v) is 5.86. The average molecular weight is 658 g/mol. The van der Waals surface area contributed by atoms with Crippen LogP contribution in [-0.2, 0) is 17.6 Å². The minimum absolute atomic E-state index is 0.0551. The van der Waals surface area contributed by atoms with E-state index in [1.807, 2.05) is 0 Å². The van der Waals surface area contributed by atoms with E-state index >= 15 is 8.78 Å². The van der Waals surface area contributed by atoms with Gasteiger partial charge < -0.3 is 18.9 Å². The third-order valence-electron chi connectivity index (χ3n) is 8.34. The highest BCUT2D eigenvalue weighted by molar-refractivity contribution is 6.00. The fraction of sp³-hybridized carbons (Fsp3) is 0.250. The summed E-state index contributed by atoms with van der Waals surface area (Å²) in [6.07, 6.45) is 3.27. The van der Waals surface area contributed by atoms with Crippen LogP contribution in [0.2, 0.25) is 0 Å². The molecule has 2 aromatic heterocycles. The van der Waals surface area contributed by atoms with E-state index in [-0.39, 0.29) is 35.0 Å². The van der Waals surface area contributed by atoms with Gasteiger partial charge in [0.1, 0.15) is 29.5 Å². The zero-order chi connectivity index (χ0) is 33.2. The number of hydrogen-bond donors (Lipinski definition) is 0. The second-order valence-electron chi connectivity index (χ2n) is 11.5. The maximum atomic E-state index is 15.4. The van der Waals surface area contributed by atoms with Crippen LogP contribution in [0, 0.1) is 17.5 Å². The van der Waals surface area contributed by atoms with Crippen LogP contribution in [0.5, 0.6) is 23.0 Å².